The lowest BCUT2D eigenvalue weighted by Gasteiger charge is -2.36. The zero-order valence-electron chi connectivity index (χ0n) is 20.4. The number of fused-ring (bicyclic) bond motifs is 1. The van der Waals surface area contributed by atoms with Crippen LogP contribution in [0.3, 0.4) is 0 Å². The number of para-hydroxylation sites is 1. The molecule has 1 aliphatic carbocycles. The van der Waals surface area contributed by atoms with Crippen LogP contribution in [0.1, 0.15) is 37.7 Å². The number of piperazine rings is 1. The molecule has 4 heterocycles. The Morgan fingerprint density at radius 1 is 0.971 bits per heavy atom. The molecule has 1 saturated heterocycles. The SMILES string of the molecule is CN(c1ncc(CN2CCN(c3ccccc3)CC2)c2nc(-c3ccco3)nn12)C1CCCCC1. The van der Waals surface area contributed by atoms with Gasteiger partial charge in [0, 0.05) is 63.3 Å². The molecule has 6 rings (SSSR count). The largest absolute Gasteiger partial charge is 0.461 e. The second-order valence-corrected chi connectivity index (χ2v) is 9.73. The highest BCUT2D eigenvalue weighted by molar-refractivity contribution is 5.58. The fourth-order valence-corrected chi connectivity index (χ4v) is 5.45. The number of nitrogens with zero attached hydrogens (tertiary/aromatic N) is 7. The summed E-state index contributed by atoms with van der Waals surface area (Å²) in [5.41, 5.74) is 3.27. The summed E-state index contributed by atoms with van der Waals surface area (Å²) in [6.07, 6.45) is 9.96. The second kappa shape index (κ2) is 9.70. The summed E-state index contributed by atoms with van der Waals surface area (Å²) >= 11 is 0. The standard InChI is InChI=1S/C27H33N7O/c1-31(22-9-4-2-5-10-22)27-28-19-21(26-29-25(30-34(26)27)24-13-8-18-35-24)20-32-14-16-33(17-15-32)23-11-6-3-7-12-23/h3,6-8,11-13,18-19,22H,2,4-5,9-10,14-17,20H2,1H3. The molecule has 3 aromatic heterocycles. The van der Waals surface area contributed by atoms with Crippen LogP contribution in [0.25, 0.3) is 17.2 Å². The van der Waals surface area contributed by atoms with E-state index >= 15 is 0 Å². The number of rotatable bonds is 6. The van der Waals surface area contributed by atoms with E-state index in [1.54, 1.807) is 6.26 Å². The molecular weight excluding hydrogens is 438 g/mol. The lowest BCUT2D eigenvalue weighted by molar-refractivity contribution is 0.250. The summed E-state index contributed by atoms with van der Waals surface area (Å²) < 4.78 is 7.55. The van der Waals surface area contributed by atoms with Gasteiger partial charge in [-0.05, 0) is 37.1 Å². The first kappa shape index (κ1) is 22.1. The minimum atomic E-state index is 0.493. The zero-order chi connectivity index (χ0) is 23.6. The summed E-state index contributed by atoms with van der Waals surface area (Å²) in [6.45, 7) is 4.85. The zero-order valence-corrected chi connectivity index (χ0v) is 20.4. The van der Waals surface area contributed by atoms with Crippen molar-refractivity contribution in [1.29, 1.82) is 0 Å². The van der Waals surface area contributed by atoms with Crippen LogP contribution in [-0.4, -0.2) is 63.8 Å². The van der Waals surface area contributed by atoms with Gasteiger partial charge in [0.05, 0.1) is 6.26 Å². The van der Waals surface area contributed by atoms with Crippen molar-refractivity contribution in [1.82, 2.24) is 24.5 Å². The maximum absolute atomic E-state index is 5.62. The highest BCUT2D eigenvalue weighted by Gasteiger charge is 2.25. The van der Waals surface area contributed by atoms with Crippen LogP contribution >= 0.6 is 0 Å². The smallest absolute Gasteiger partial charge is 0.228 e. The predicted molar refractivity (Wildman–Crippen MR) is 138 cm³/mol. The number of hydrogen-bond donors (Lipinski definition) is 0. The Morgan fingerprint density at radius 3 is 2.51 bits per heavy atom. The average Bonchev–Trinajstić information content (AvgIpc) is 3.61. The van der Waals surface area contributed by atoms with Gasteiger partial charge in [0.1, 0.15) is 0 Å². The quantitative estimate of drug-likeness (QED) is 0.411. The topological polar surface area (TPSA) is 65.9 Å². The summed E-state index contributed by atoms with van der Waals surface area (Å²) in [5.74, 6) is 2.15. The number of aromatic nitrogens is 4. The lowest BCUT2D eigenvalue weighted by Crippen LogP contribution is -2.46. The fraction of sp³-hybridized carbons (Fsp3) is 0.444. The van der Waals surface area contributed by atoms with E-state index in [0.717, 1.165) is 49.9 Å². The van der Waals surface area contributed by atoms with Crippen molar-refractivity contribution < 1.29 is 4.42 Å². The fourth-order valence-electron chi connectivity index (χ4n) is 5.45. The van der Waals surface area contributed by atoms with Crippen LogP contribution in [0.4, 0.5) is 11.6 Å². The predicted octanol–water partition coefficient (Wildman–Crippen LogP) is 4.48. The third-order valence-corrected chi connectivity index (χ3v) is 7.49. The third-order valence-electron chi connectivity index (χ3n) is 7.49. The maximum Gasteiger partial charge on any atom is 0.228 e. The van der Waals surface area contributed by atoms with Gasteiger partial charge in [0.25, 0.3) is 0 Å². The monoisotopic (exact) mass is 471 g/mol. The molecule has 8 nitrogen and oxygen atoms in total. The molecule has 0 N–H and O–H groups in total. The van der Waals surface area contributed by atoms with Crippen LogP contribution in [0, 0.1) is 0 Å². The van der Waals surface area contributed by atoms with Crippen molar-refractivity contribution in [2.24, 2.45) is 0 Å². The maximum atomic E-state index is 5.62. The van der Waals surface area contributed by atoms with Crippen LogP contribution < -0.4 is 9.80 Å². The Balaban J connectivity index is 1.27. The van der Waals surface area contributed by atoms with Crippen molar-refractivity contribution in [3.05, 3.63) is 60.5 Å². The molecule has 1 aromatic carbocycles. The molecule has 0 bridgehead atoms. The van der Waals surface area contributed by atoms with Gasteiger partial charge in [-0.15, -0.1) is 5.10 Å². The van der Waals surface area contributed by atoms with Gasteiger partial charge >= 0.3 is 0 Å². The number of anilines is 2. The van der Waals surface area contributed by atoms with Crippen molar-refractivity contribution in [2.45, 2.75) is 44.7 Å². The molecule has 35 heavy (non-hydrogen) atoms. The van der Waals surface area contributed by atoms with E-state index in [1.807, 2.05) is 22.8 Å². The molecule has 0 spiro atoms. The molecule has 0 radical (unpaired) electrons. The first-order chi connectivity index (χ1) is 17.3. The van der Waals surface area contributed by atoms with Crippen molar-refractivity contribution in [3.63, 3.8) is 0 Å². The minimum Gasteiger partial charge on any atom is -0.461 e. The average molecular weight is 472 g/mol. The molecule has 1 aliphatic heterocycles. The van der Waals surface area contributed by atoms with E-state index in [2.05, 4.69) is 52.1 Å². The molecule has 2 fully saturated rings. The van der Waals surface area contributed by atoms with Gasteiger partial charge in [0.15, 0.2) is 11.4 Å². The highest BCUT2D eigenvalue weighted by Crippen LogP contribution is 2.28. The van der Waals surface area contributed by atoms with Crippen molar-refractivity contribution in [3.8, 4) is 11.6 Å². The number of furan rings is 1. The summed E-state index contributed by atoms with van der Waals surface area (Å²) in [4.78, 5) is 17.1. The molecule has 0 atom stereocenters. The van der Waals surface area contributed by atoms with E-state index in [-0.39, 0.29) is 0 Å². The van der Waals surface area contributed by atoms with E-state index < -0.39 is 0 Å². The molecule has 4 aromatic rings. The van der Waals surface area contributed by atoms with E-state index in [0.29, 0.717) is 17.6 Å². The first-order valence-corrected chi connectivity index (χ1v) is 12.8. The highest BCUT2D eigenvalue weighted by atomic mass is 16.3. The van der Waals surface area contributed by atoms with Gasteiger partial charge in [-0.1, -0.05) is 37.5 Å². The van der Waals surface area contributed by atoms with Gasteiger partial charge in [-0.25, -0.2) is 9.97 Å². The molecule has 8 heteroatoms. The molecule has 2 aliphatic rings. The molecule has 0 amide bonds. The number of benzene rings is 1. The van der Waals surface area contributed by atoms with Gasteiger partial charge in [-0.3, -0.25) is 4.90 Å². The van der Waals surface area contributed by atoms with Gasteiger partial charge in [0.2, 0.25) is 11.8 Å². The van der Waals surface area contributed by atoms with E-state index in [4.69, 9.17) is 19.5 Å². The van der Waals surface area contributed by atoms with E-state index in [1.165, 1.54) is 37.8 Å². The lowest BCUT2D eigenvalue weighted by atomic mass is 9.95. The summed E-state index contributed by atoms with van der Waals surface area (Å²) in [5, 5.41) is 4.86. The molecule has 0 unspecified atom stereocenters. The number of hydrogen-bond acceptors (Lipinski definition) is 7. The Bertz CT molecular complexity index is 1240. The first-order valence-electron chi connectivity index (χ1n) is 12.8. The van der Waals surface area contributed by atoms with Crippen LogP contribution in [0.2, 0.25) is 0 Å². The Morgan fingerprint density at radius 2 is 1.77 bits per heavy atom. The summed E-state index contributed by atoms with van der Waals surface area (Å²) in [6, 6.07) is 15.0. The van der Waals surface area contributed by atoms with Crippen molar-refractivity contribution >= 4 is 17.3 Å². The minimum absolute atomic E-state index is 0.493. The van der Waals surface area contributed by atoms with Crippen LogP contribution in [0.15, 0.2) is 59.3 Å². The Kier molecular flexibility index (Phi) is 6.12. The van der Waals surface area contributed by atoms with Crippen LogP contribution in [-0.2, 0) is 6.54 Å². The summed E-state index contributed by atoms with van der Waals surface area (Å²) in [7, 11) is 2.15. The van der Waals surface area contributed by atoms with Crippen molar-refractivity contribution in [2.75, 3.05) is 43.0 Å². The Hall–Kier alpha value is -3.39. The van der Waals surface area contributed by atoms with Gasteiger partial charge < -0.3 is 14.2 Å². The normalized spacial score (nSPS) is 17.8. The second-order valence-electron chi connectivity index (χ2n) is 9.73. The molecule has 182 valence electrons. The molecular formula is C27H33N7O. The third kappa shape index (κ3) is 4.50. The Labute approximate surface area is 206 Å². The molecule has 1 saturated carbocycles. The van der Waals surface area contributed by atoms with Crippen LogP contribution in [0.5, 0.6) is 0 Å². The van der Waals surface area contributed by atoms with Gasteiger partial charge in [-0.2, -0.15) is 4.52 Å². The van der Waals surface area contributed by atoms with E-state index in [9.17, 15) is 0 Å².